The van der Waals surface area contributed by atoms with Crippen LogP contribution in [0.15, 0.2) is 47.8 Å². The number of para-hydroxylation sites is 1. The molecule has 3 aromatic rings. The Kier molecular flexibility index (Phi) is 6.73. The first-order chi connectivity index (χ1) is 14.1. The van der Waals surface area contributed by atoms with E-state index in [-0.39, 0.29) is 5.91 Å². The van der Waals surface area contributed by atoms with Gasteiger partial charge < -0.3 is 10.2 Å². The van der Waals surface area contributed by atoms with E-state index in [0.717, 1.165) is 39.3 Å². The summed E-state index contributed by atoms with van der Waals surface area (Å²) < 4.78 is 1.35. The van der Waals surface area contributed by atoms with E-state index in [1.165, 1.54) is 15.6 Å². The first-order valence-corrected chi connectivity index (χ1v) is 11.4. The summed E-state index contributed by atoms with van der Waals surface area (Å²) in [5.41, 5.74) is 1.91. The highest BCUT2D eigenvalue weighted by Crippen LogP contribution is 2.30. The summed E-state index contributed by atoms with van der Waals surface area (Å²) in [7, 11) is 0. The zero-order valence-electron chi connectivity index (χ0n) is 16.0. The summed E-state index contributed by atoms with van der Waals surface area (Å²) >= 11 is 14.1. The van der Waals surface area contributed by atoms with Gasteiger partial charge in [-0.05, 0) is 34.5 Å². The molecule has 2 heterocycles. The average molecular weight is 448 g/mol. The van der Waals surface area contributed by atoms with Gasteiger partial charge in [-0.15, -0.1) is 11.3 Å². The molecule has 0 aliphatic carbocycles. The lowest BCUT2D eigenvalue weighted by Gasteiger charge is -2.34. The molecular weight excluding hydrogens is 425 g/mol. The quantitative estimate of drug-likeness (QED) is 0.552. The van der Waals surface area contributed by atoms with Crippen LogP contribution in [0.2, 0.25) is 10.0 Å². The fourth-order valence-electron chi connectivity index (χ4n) is 3.65. The van der Waals surface area contributed by atoms with Crippen LogP contribution in [0.4, 0.5) is 5.69 Å². The molecule has 0 radical (unpaired) electrons. The summed E-state index contributed by atoms with van der Waals surface area (Å²) in [4.78, 5) is 17.1. The van der Waals surface area contributed by atoms with Crippen LogP contribution in [-0.4, -0.2) is 48.4 Å². The van der Waals surface area contributed by atoms with Gasteiger partial charge in [0.1, 0.15) is 0 Å². The molecule has 7 heteroatoms. The van der Waals surface area contributed by atoms with E-state index in [2.05, 4.69) is 44.8 Å². The minimum Gasteiger partial charge on any atom is -0.324 e. The highest BCUT2D eigenvalue weighted by Gasteiger charge is 2.19. The Morgan fingerprint density at radius 1 is 0.966 bits per heavy atom. The normalized spacial score (nSPS) is 15.7. The van der Waals surface area contributed by atoms with Crippen LogP contribution in [0, 0.1) is 0 Å². The third kappa shape index (κ3) is 5.11. The molecule has 1 saturated heterocycles. The van der Waals surface area contributed by atoms with Crippen molar-refractivity contribution < 1.29 is 4.79 Å². The van der Waals surface area contributed by atoms with Crippen molar-refractivity contribution in [1.29, 1.82) is 0 Å². The largest absolute Gasteiger partial charge is 0.324 e. The van der Waals surface area contributed by atoms with Crippen LogP contribution < -0.4 is 5.32 Å². The smallest absolute Gasteiger partial charge is 0.225 e. The molecule has 0 spiro atoms. The number of carbonyl (C=O) groups is 1. The second-order valence-corrected chi connectivity index (χ2v) is 9.00. The van der Waals surface area contributed by atoms with Crippen LogP contribution in [0.25, 0.3) is 10.1 Å². The molecule has 1 fully saturated rings. The Morgan fingerprint density at radius 3 is 2.41 bits per heavy atom. The Bertz CT molecular complexity index is 978. The topological polar surface area (TPSA) is 35.6 Å². The van der Waals surface area contributed by atoms with Crippen molar-refractivity contribution in [2.24, 2.45) is 0 Å². The van der Waals surface area contributed by atoms with Crippen molar-refractivity contribution in [3.8, 4) is 0 Å². The fourth-order valence-corrected chi connectivity index (χ4v) is 5.09. The van der Waals surface area contributed by atoms with E-state index in [9.17, 15) is 4.79 Å². The SMILES string of the molecule is O=C(CCN1CCN(Cc2csc3ccccc23)CC1)Nc1c(Cl)cccc1Cl. The maximum absolute atomic E-state index is 12.3. The van der Waals surface area contributed by atoms with Crippen LogP contribution in [0.1, 0.15) is 12.0 Å². The van der Waals surface area contributed by atoms with E-state index in [1.54, 1.807) is 18.2 Å². The lowest BCUT2D eigenvalue weighted by Crippen LogP contribution is -2.46. The third-order valence-corrected chi connectivity index (χ3v) is 6.94. The Hall–Kier alpha value is -1.63. The molecule has 1 amide bonds. The summed E-state index contributed by atoms with van der Waals surface area (Å²) in [5, 5.41) is 7.40. The fraction of sp³-hybridized carbons (Fsp3) is 0.318. The zero-order chi connectivity index (χ0) is 20.2. The van der Waals surface area contributed by atoms with Gasteiger partial charge in [0.05, 0.1) is 15.7 Å². The molecule has 4 rings (SSSR count). The van der Waals surface area contributed by atoms with Crippen molar-refractivity contribution >= 4 is 56.2 Å². The number of anilines is 1. The number of carbonyl (C=O) groups excluding carboxylic acids is 1. The zero-order valence-corrected chi connectivity index (χ0v) is 18.4. The first kappa shape index (κ1) is 20.6. The number of benzene rings is 2. The highest BCUT2D eigenvalue weighted by atomic mass is 35.5. The number of hydrogen-bond donors (Lipinski definition) is 1. The van der Waals surface area contributed by atoms with E-state index in [1.807, 2.05) is 11.3 Å². The molecule has 0 unspecified atom stereocenters. The van der Waals surface area contributed by atoms with Crippen molar-refractivity contribution in [3.05, 3.63) is 63.5 Å². The standard InChI is InChI=1S/C22H23Cl2N3OS/c23-18-5-3-6-19(24)22(18)25-21(28)8-9-26-10-12-27(13-11-26)14-16-15-29-20-7-2-1-4-17(16)20/h1-7,15H,8-14H2,(H,25,28). The first-order valence-electron chi connectivity index (χ1n) is 9.74. The molecule has 2 aromatic carbocycles. The van der Waals surface area contributed by atoms with E-state index >= 15 is 0 Å². The molecule has 1 aliphatic rings. The van der Waals surface area contributed by atoms with Gasteiger partial charge >= 0.3 is 0 Å². The van der Waals surface area contributed by atoms with E-state index in [4.69, 9.17) is 23.2 Å². The molecule has 29 heavy (non-hydrogen) atoms. The number of thiophene rings is 1. The van der Waals surface area contributed by atoms with Crippen LogP contribution in [0.3, 0.4) is 0 Å². The predicted molar refractivity (Wildman–Crippen MR) is 123 cm³/mol. The number of hydrogen-bond acceptors (Lipinski definition) is 4. The summed E-state index contributed by atoms with van der Waals surface area (Å²) in [6, 6.07) is 13.8. The molecular formula is C22H23Cl2N3OS. The molecule has 1 aliphatic heterocycles. The van der Waals surface area contributed by atoms with Gasteiger partial charge in [-0.3, -0.25) is 9.69 Å². The maximum atomic E-state index is 12.3. The number of rotatable bonds is 6. The molecule has 152 valence electrons. The Labute approximate surface area is 185 Å². The van der Waals surface area contributed by atoms with Gasteiger partial charge in [0, 0.05) is 50.4 Å². The van der Waals surface area contributed by atoms with Crippen molar-refractivity contribution in [2.75, 3.05) is 38.0 Å². The van der Waals surface area contributed by atoms with Gasteiger partial charge in [0.25, 0.3) is 0 Å². The number of nitrogens with one attached hydrogen (secondary N) is 1. The van der Waals surface area contributed by atoms with Crippen LogP contribution >= 0.6 is 34.5 Å². The second-order valence-electron chi connectivity index (χ2n) is 7.27. The van der Waals surface area contributed by atoms with Gasteiger partial charge in [-0.2, -0.15) is 0 Å². The average Bonchev–Trinajstić information content (AvgIpc) is 3.13. The molecule has 0 atom stereocenters. The van der Waals surface area contributed by atoms with Crippen LogP contribution in [-0.2, 0) is 11.3 Å². The number of nitrogens with zero attached hydrogens (tertiary/aromatic N) is 2. The number of piperazine rings is 1. The Morgan fingerprint density at radius 2 is 1.66 bits per heavy atom. The number of fused-ring (bicyclic) bond motifs is 1. The van der Waals surface area contributed by atoms with E-state index in [0.29, 0.717) is 22.2 Å². The van der Waals surface area contributed by atoms with Gasteiger partial charge in [0.15, 0.2) is 0 Å². The highest BCUT2D eigenvalue weighted by molar-refractivity contribution is 7.17. The van der Waals surface area contributed by atoms with Crippen molar-refractivity contribution in [3.63, 3.8) is 0 Å². The molecule has 1 N–H and O–H groups in total. The third-order valence-electron chi connectivity index (χ3n) is 5.30. The molecule has 1 aromatic heterocycles. The molecule has 0 saturated carbocycles. The summed E-state index contributed by atoms with van der Waals surface area (Å²) in [5.74, 6) is -0.0628. The molecule has 4 nitrogen and oxygen atoms in total. The predicted octanol–water partition coefficient (Wildman–Crippen LogP) is 5.35. The number of halogens is 2. The Balaban J connectivity index is 1.23. The number of amides is 1. The minimum absolute atomic E-state index is 0.0628. The van der Waals surface area contributed by atoms with Crippen LogP contribution in [0.5, 0.6) is 0 Å². The van der Waals surface area contributed by atoms with Crippen molar-refractivity contribution in [1.82, 2.24) is 9.80 Å². The lowest BCUT2D eigenvalue weighted by molar-refractivity contribution is -0.116. The minimum atomic E-state index is -0.0628. The van der Waals surface area contributed by atoms with Crippen molar-refractivity contribution in [2.45, 2.75) is 13.0 Å². The van der Waals surface area contributed by atoms with Gasteiger partial charge in [0.2, 0.25) is 5.91 Å². The lowest BCUT2D eigenvalue weighted by atomic mass is 10.1. The maximum Gasteiger partial charge on any atom is 0.225 e. The summed E-state index contributed by atoms with van der Waals surface area (Å²) in [6.45, 7) is 5.71. The molecule has 0 bridgehead atoms. The van der Waals surface area contributed by atoms with Gasteiger partial charge in [-0.1, -0.05) is 47.5 Å². The summed E-state index contributed by atoms with van der Waals surface area (Å²) in [6.07, 6.45) is 0.427. The van der Waals surface area contributed by atoms with Gasteiger partial charge in [-0.25, -0.2) is 0 Å². The monoisotopic (exact) mass is 447 g/mol. The second kappa shape index (κ2) is 9.45. The van der Waals surface area contributed by atoms with E-state index < -0.39 is 0 Å².